The second-order valence-electron chi connectivity index (χ2n) is 6.38. The van der Waals surface area contributed by atoms with Crippen molar-refractivity contribution < 1.29 is 4.79 Å². The maximum absolute atomic E-state index is 12.4. The van der Waals surface area contributed by atoms with Gasteiger partial charge in [-0.25, -0.2) is 0 Å². The van der Waals surface area contributed by atoms with Gasteiger partial charge >= 0.3 is 0 Å². The highest BCUT2D eigenvalue weighted by molar-refractivity contribution is 8.01. The van der Waals surface area contributed by atoms with Gasteiger partial charge in [0.05, 0.1) is 5.75 Å². The molecule has 0 radical (unpaired) electrons. The third-order valence-electron chi connectivity index (χ3n) is 4.13. The number of Topliss-reactive ketones (excluding diaryl/α,β-unsaturated/α-hetero) is 1. The lowest BCUT2D eigenvalue weighted by atomic mass is 10.1. The minimum atomic E-state index is 0.116. The first-order valence-corrected chi connectivity index (χ1v) is 10.9. The number of ketones is 1. The zero-order chi connectivity index (χ0) is 19.1. The van der Waals surface area contributed by atoms with Gasteiger partial charge in [0, 0.05) is 11.3 Å². The molecule has 1 aromatic heterocycles. The van der Waals surface area contributed by atoms with Crippen LogP contribution in [0.1, 0.15) is 41.3 Å². The van der Waals surface area contributed by atoms with Crippen molar-refractivity contribution in [2.45, 2.75) is 37.4 Å². The number of unbranched alkanes of at least 4 members (excludes halogenated alkanes) is 1. The summed E-state index contributed by atoms with van der Waals surface area (Å²) in [6.07, 6.45) is 3.43. The number of carbonyl (C=O) groups is 1. The van der Waals surface area contributed by atoms with Gasteiger partial charge in [0.15, 0.2) is 10.1 Å². The number of aryl methyl sites for hydroxylation is 2. The molecule has 0 aliphatic carbocycles. The van der Waals surface area contributed by atoms with E-state index in [1.165, 1.54) is 47.1 Å². The maximum atomic E-state index is 12.4. The molecule has 0 spiro atoms. The largest absolute Gasteiger partial charge is 0.330 e. The number of hydrogen-bond donors (Lipinski definition) is 1. The zero-order valence-corrected chi connectivity index (χ0v) is 17.2. The topological polar surface area (TPSA) is 54.9 Å². The van der Waals surface area contributed by atoms with Crippen LogP contribution in [0.4, 0.5) is 10.8 Å². The Morgan fingerprint density at radius 3 is 2.52 bits per heavy atom. The zero-order valence-electron chi connectivity index (χ0n) is 15.6. The Hall–Kier alpha value is -2.18. The lowest BCUT2D eigenvalue weighted by molar-refractivity contribution is 0.102. The van der Waals surface area contributed by atoms with Crippen LogP contribution < -0.4 is 5.32 Å². The van der Waals surface area contributed by atoms with Crippen LogP contribution in [0.25, 0.3) is 0 Å². The molecule has 3 aromatic rings. The summed E-state index contributed by atoms with van der Waals surface area (Å²) in [5, 5.41) is 12.3. The second-order valence-corrected chi connectivity index (χ2v) is 8.58. The van der Waals surface area contributed by atoms with Crippen LogP contribution in [0, 0.1) is 6.92 Å². The SMILES string of the molecule is CCCCc1ccc(C(=O)CSc2nnc(Nc3ccc(C)cc3)s2)cc1. The van der Waals surface area contributed by atoms with Crippen molar-refractivity contribution in [2.24, 2.45) is 0 Å². The Kier molecular flexibility index (Phi) is 7.01. The minimum absolute atomic E-state index is 0.116. The number of thioether (sulfide) groups is 1. The number of hydrogen-bond acceptors (Lipinski definition) is 6. The van der Waals surface area contributed by atoms with Gasteiger partial charge in [-0.15, -0.1) is 10.2 Å². The number of benzene rings is 2. The van der Waals surface area contributed by atoms with Gasteiger partial charge in [-0.05, 0) is 37.5 Å². The van der Waals surface area contributed by atoms with Crippen molar-refractivity contribution in [3.05, 3.63) is 65.2 Å². The van der Waals surface area contributed by atoms with Crippen molar-refractivity contribution in [3.8, 4) is 0 Å². The number of nitrogens with zero attached hydrogens (tertiary/aromatic N) is 2. The molecular weight excluding hydrogens is 374 g/mol. The number of rotatable bonds is 9. The minimum Gasteiger partial charge on any atom is -0.330 e. The lowest BCUT2D eigenvalue weighted by Crippen LogP contribution is -2.02. The Morgan fingerprint density at radius 1 is 1.07 bits per heavy atom. The van der Waals surface area contributed by atoms with Gasteiger partial charge in [0.25, 0.3) is 0 Å². The number of aromatic nitrogens is 2. The first-order chi connectivity index (χ1) is 13.1. The van der Waals surface area contributed by atoms with E-state index >= 15 is 0 Å². The molecule has 0 saturated carbocycles. The van der Waals surface area contributed by atoms with Crippen LogP contribution in [0.5, 0.6) is 0 Å². The molecular formula is C21H23N3OS2. The molecule has 6 heteroatoms. The molecule has 0 saturated heterocycles. The molecule has 0 bridgehead atoms. The van der Waals surface area contributed by atoms with Crippen LogP contribution in [0.2, 0.25) is 0 Å². The van der Waals surface area contributed by atoms with Crippen LogP contribution in [0.3, 0.4) is 0 Å². The van der Waals surface area contributed by atoms with Crippen molar-refractivity contribution in [1.82, 2.24) is 10.2 Å². The molecule has 0 fully saturated rings. The second kappa shape index (κ2) is 9.67. The van der Waals surface area contributed by atoms with Gasteiger partial charge < -0.3 is 5.32 Å². The van der Waals surface area contributed by atoms with Crippen molar-refractivity contribution in [2.75, 3.05) is 11.1 Å². The summed E-state index contributed by atoms with van der Waals surface area (Å²) >= 11 is 2.89. The van der Waals surface area contributed by atoms with Crippen LogP contribution in [-0.4, -0.2) is 21.7 Å². The fourth-order valence-corrected chi connectivity index (χ4v) is 4.19. The van der Waals surface area contributed by atoms with E-state index in [1.807, 2.05) is 36.4 Å². The first kappa shape index (κ1) is 19.6. The molecule has 1 heterocycles. The molecule has 4 nitrogen and oxygen atoms in total. The number of anilines is 2. The molecule has 0 aliphatic heterocycles. The molecule has 140 valence electrons. The molecule has 0 aliphatic rings. The van der Waals surface area contributed by atoms with Crippen LogP contribution in [0.15, 0.2) is 52.9 Å². The van der Waals surface area contributed by atoms with Crippen molar-refractivity contribution >= 4 is 39.7 Å². The van der Waals surface area contributed by atoms with Gasteiger partial charge in [-0.1, -0.05) is 78.4 Å². The highest BCUT2D eigenvalue weighted by atomic mass is 32.2. The van der Waals surface area contributed by atoms with Crippen LogP contribution >= 0.6 is 23.1 Å². The average Bonchev–Trinajstić information content (AvgIpc) is 3.14. The molecule has 1 N–H and O–H groups in total. The predicted octanol–water partition coefficient (Wildman–Crippen LogP) is 5.91. The van der Waals surface area contributed by atoms with E-state index in [0.29, 0.717) is 5.75 Å². The third kappa shape index (κ3) is 5.91. The van der Waals surface area contributed by atoms with Crippen LogP contribution in [-0.2, 0) is 6.42 Å². The highest BCUT2D eigenvalue weighted by Crippen LogP contribution is 2.28. The molecule has 0 unspecified atom stereocenters. The van der Waals surface area contributed by atoms with Gasteiger partial charge in [-0.3, -0.25) is 4.79 Å². The predicted molar refractivity (Wildman–Crippen MR) is 114 cm³/mol. The highest BCUT2D eigenvalue weighted by Gasteiger charge is 2.10. The van der Waals surface area contributed by atoms with E-state index in [9.17, 15) is 4.79 Å². The molecule has 0 atom stereocenters. The van der Waals surface area contributed by atoms with E-state index in [0.717, 1.165) is 27.1 Å². The standard InChI is InChI=1S/C21H23N3OS2/c1-3-4-5-16-8-10-17(11-9-16)19(25)14-26-21-24-23-20(27-21)22-18-12-6-15(2)7-13-18/h6-13H,3-5,14H2,1-2H3,(H,22,23). The normalized spacial score (nSPS) is 10.7. The monoisotopic (exact) mass is 397 g/mol. The summed E-state index contributed by atoms with van der Waals surface area (Å²) in [7, 11) is 0. The Labute approximate surface area is 168 Å². The molecule has 27 heavy (non-hydrogen) atoms. The van der Waals surface area contributed by atoms with E-state index in [-0.39, 0.29) is 5.78 Å². The van der Waals surface area contributed by atoms with Gasteiger partial charge in [-0.2, -0.15) is 0 Å². The summed E-state index contributed by atoms with van der Waals surface area (Å²) in [6.45, 7) is 4.24. The number of carbonyl (C=O) groups excluding carboxylic acids is 1. The van der Waals surface area contributed by atoms with Gasteiger partial charge in [0.2, 0.25) is 5.13 Å². The van der Waals surface area contributed by atoms with E-state index < -0.39 is 0 Å². The van der Waals surface area contributed by atoms with Gasteiger partial charge in [0.1, 0.15) is 0 Å². The molecule has 0 amide bonds. The Balaban J connectivity index is 1.51. The van der Waals surface area contributed by atoms with Crippen molar-refractivity contribution in [1.29, 1.82) is 0 Å². The first-order valence-electron chi connectivity index (χ1n) is 9.06. The van der Waals surface area contributed by atoms with E-state index in [2.05, 4.69) is 41.5 Å². The average molecular weight is 398 g/mol. The number of nitrogens with one attached hydrogen (secondary N) is 1. The van der Waals surface area contributed by atoms with E-state index in [1.54, 1.807) is 0 Å². The summed E-state index contributed by atoms with van der Waals surface area (Å²) in [6, 6.07) is 16.1. The van der Waals surface area contributed by atoms with E-state index in [4.69, 9.17) is 0 Å². The molecule has 3 rings (SSSR count). The lowest BCUT2D eigenvalue weighted by Gasteiger charge is -2.03. The summed E-state index contributed by atoms with van der Waals surface area (Å²) < 4.78 is 0.789. The quantitative estimate of drug-likeness (QED) is 0.359. The fourth-order valence-electron chi connectivity index (χ4n) is 2.53. The maximum Gasteiger partial charge on any atom is 0.210 e. The Morgan fingerprint density at radius 2 is 1.81 bits per heavy atom. The smallest absolute Gasteiger partial charge is 0.210 e. The Bertz CT molecular complexity index is 873. The summed E-state index contributed by atoms with van der Waals surface area (Å²) in [5.41, 5.74) is 4.24. The van der Waals surface area contributed by atoms with Crippen molar-refractivity contribution in [3.63, 3.8) is 0 Å². The molecule has 2 aromatic carbocycles. The summed E-state index contributed by atoms with van der Waals surface area (Å²) in [5.74, 6) is 0.485. The summed E-state index contributed by atoms with van der Waals surface area (Å²) in [4.78, 5) is 12.4. The third-order valence-corrected chi connectivity index (χ3v) is 6.10. The fraction of sp³-hybridized carbons (Fsp3) is 0.286.